The zero-order valence-corrected chi connectivity index (χ0v) is 14.1. The molecule has 0 spiro atoms. The number of aromatic nitrogens is 2. The number of carbonyl (C=O) groups excluding carboxylic acids is 1. The largest absolute Gasteiger partial charge is 0.374 e. The summed E-state index contributed by atoms with van der Waals surface area (Å²) in [5.41, 5.74) is 3.18. The molecule has 4 aromatic rings. The Bertz CT molecular complexity index is 1100. The zero-order chi connectivity index (χ0) is 17.5. The average molecular weight is 339 g/mol. The molecule has 0 bridgehead atoms. The van der Waals surface area contributed by atoms with Gasteiger partial charge < -0.3 is 5.32 Å². The van der Waals surface area contributed by atoms with Gasteiger partial charge in [0.25, 0.3) is 0 Å². The van der Waals surface area contributed by atoms with Gasteiger partial charge in [0.2, 0.25) is 5.78 Å². The fourth-order valence-corrected chi connectivity index (χ4v) is 3.71. The van der Waals surface area contributed by atoms with Gasteiger partial charge >= 0.3 is 0 Å². The topological polar surface area (TPSA) is 46.9 Å². The summed E-state index contributed by atoms with van der Waals surface area (Å²) in [7, 11) is 0. The first-order valence-corrected chi connectivity index (χ1v) is 8.71. The first-order valence-electron chi connectivity index (χ1n) is 8.71. The fraction of sp³-hybridized carbons (Fsp3) is 0.0909. The maximum Gasteiger partial charge on any atom is 0.221 e. The van der Waals surface area contributed by atoms with E-state index >= 15 is 0 Å². The summed E-state index contributed by atoms with van der Waals surface area (Å²) in [4.78, 5) is 17.5. The van der Waals surface area contributed by atoms with Crippen molar-refractivity contribution in [1.29, 1.82) is 0 Å². The molecule has 4 heteroatoms. The van der Waals surface area contributed by atoms with Crippen molar-refractivity contribution in [3.8, 4) is 5.69 Å². The van der Waals surface area contributed by atoms with Gasteiger partial charge in [-0.15, -0.1) is 0 Å². The number of carbonyl (C=O) groups is 1. The molecule has 1 N–H and O–H groups in total. The van der Waals surface area contributed by atoms with Crippen LogP contribution in [-0.2, 0) is 6.42 Å². The molecule has 0 amide bonds. The second-order valence-corrected chi connectivity index (χ2v) is 6.54. The molecule has 1 unspecified atom stereocenters. The standard InChI is InChI=1S/C22H17N3O/c26-21(19-14-16-7-2-4-10-18(16)24-19)22-23-12-13-25(22)20-11-5-8-15-6-1-3-9-17(15)20/h1-13,19,24H,14H2. The highest BCUT2D eigenvalue weighted by molar-refractivity contribution is 6.01. The third-order valence-electron chi connectivity index (χ3n) is 4.97. The van der Waals surface area contributed by atoms with Crippen LogP contribution in [0.2, 0.25) is 0 Å². The SMILES string of the molecule is O=C(c1nccn1-c1cccc2ccccc12)C1Cc2ccccc2N1. The van der Waals surface area contributed by atoms with Crippen LogP contribution in [0.4, 0.5) is 5.69 Å². The summed E-state index contributed by atoms with van der Waals surface area (Å²) in [6, 6.07) is 22.1. The molecular weight excluding hydrogens is 322 g/mol. The number of para-hydroxylation sites is 1. The van der Waals surface area contributed by atoms with E-state index in [-0.39, 0.29) is 11.8 Å². The van der Waals surface area contributed by atoms with Crippen LogP contribution < -0.4 is 5.32 Å². The van der Waals surface area contributed by atoms with E-state index < -0.39 is 0 Å². The molecule has 1 aromatic heterocycles. The first-order chi connectivity index (χ1) is 12.8. The summed E-state index contributed by atoms with van der Waals surface area (Å²) in [6.07, 6.45) is 4.24. The first kappa shape index (κ1) is 14.9. The molecule has 1 aliphatic rings. The predicted molar refractivity (Wildman–Crippen MR) is 103 cm³/mol. The van der Waals surface area contributed by atoms with E-state index in [0.717, 1.165) is 22.1 Å². The third-order valence-corrected chi connectivity index (χ3v) is 4.97. The maximum atomic E-state index is 13.2. The number of ketones is 1. The Morgan fingerprint density at radius 3 is 2.73 bits per heavy atom. The second kappa shape index (κ2) is 5.85. The van der Waals surface area contributed by atoms with Gasteiger partial charge in [0, 0.05) is 29.9 Å². The second-order valence-electron chi connectivity index (χ2n) is 6.54. The van der Waals surface area contributed by atoms with Crippen molar-refractivity contribution in [2.24, 2.45) is 0 Å². The summed E-state index contributed by atoms with van der Waals surface area (Å²) >= 11 is 0. The van der Waals surface area contributed by atoms with Crippen molar-refractivity contribution in [2.45, 2.75) is 12.5 Å². The number of nitrogens with zero attached hydrogens (tertiary/aromatic N) is 2. The van der Waals surface area contributed by atoms with Gasteiger partial charge in [0.05, 0.1) is 11.7 Å². The minimum atomic E-state index is -0.275. The minimum Gasteiger partial charge on any atom is -0.374 e. The lowest BCUT2D eigenvalue weighted by atomic mass is 10.1. The van der Waals surface area contributed by atoms with Crippen LogP contribution in [0.15, 0.2) is 79.1 Å². The number of Topliss-reactive ketones (excluding diaryl/α,β-unsaturated/α-hetero) is 1. The van der Waals surface area contributed by atoms with E-state index in [1.165, 1.54) is 5.56 Å². The lowest BCUT2D eigenvalue weighted by Gasteiger charge is -2.13. The van der Waals surface area contributed by atoms with Crippen molar-refractivity contribution in [1.82, 2.24) is 9.55 Å². The third kappa shape index (κ3) is 2.30. The Balaban J connectivity index is 1.55. The molecule has 2 heterocycles. The number of imidazole rings is 1. The van der Waals surface area contributed by atoms with Crippen LogP contribution in [0.3, 0.4) is 0 Å². The molecule has 1 atom stereocenters. The van der Waals surface area contributed by atoms with Crippen molar-refractivity contribution in [3.05, 3.63) is 90.5 Å². The monoisotopic (exact) mass is 339 g/mol. The highest BCUT2D eigenvalue weighted by Gasteiger charge is 2.30. The summed E-state index contributed by atoms with van der Waals surface area (Å²) in [5.74, 6) is 0.478. The van der Waals surface area contributed by atoms with Crippen LogP contribution in [0.25, 0.3) is 16.5 Å². The summed E-state index contributed by atoms with van der Waals surface area (Å²) in [5, 5.41) is 5.58. The van der Waals surface area contributed by atoms with Crippen LogP contribution >= 0.6 is 0 Å². The number of rotatable bonds is 3. The van der Waals surface area contributed by atoms with Crippen LogP contribution in [-0.4, -0.2) is 21.4 Å². The molecule has 0 saturated carbocycles. The molecule has 0 fully saturated rings. The van der Waals surface area contributed by atoms with Crippen LogP contribution in [0, 0.1) is 0 Å². The highest BCUT2D eigenvalue weighted by atomic mass is 16.1. The molecule has 5 rings (SSSR count). The van der Waals surface area contributed by atoms with Gasteiger partial charge in [-0.1, -0.05) is 54.6 Å². The zero-order valence-electron chi connectivity index (χ0n) is 14.1. The lowest BCUT2D eigenvalue weighted by Crippen LogP contribution is -2.29. The van der Waals surface area contributed by atoms with Crippen LogP contribution in [0.5, 0.6) is 0 Å². The Labute approximate surface area is 151 Å². The van der Waals surface area contributed by atoms with Crippen molar-refractivity contribution < 1.29 is 4.79 Å². The Morgan fingerprint density at radius 2 is 1.81 bits per heavy atom. The van der Waals surface area contributed by atoms with Gasteiger partial charge in [-0.05, 0) is 23.1 Å². The molecule has 0 aliphatic carbocycles. The predicted octanol–water partition coefficient (Wildman–Crippen LogP) is 4.25. The molecule has 0 saturated heterocycles. The van der Waals surface area contributed by atoms with Crippen molar-refractivity contribution >= 4 is 22.2 Å². The van der Waals surface area contributed by atoms with E-state index in [1.54, 1.807) is 6.20 Å². The van der Waals surface area contributed by atoms with E-state index in [2.05, 4.69) is 34.6 Å². The van der Waals surface area contributed by atoms with Gasteiger partial charge in [0.15, 0.2) is 5.82 Å². The molecule has 3 aromatic carbocycles. The number of hydrogen-bond acceptors (Lipinski definition) is 3. The van der Waals surface area contributed by atoms with Gasteiger partial charge in [-0.25, -0.2) is 4.98 Å². The number of benzene rings is 3. The normalized spacial score (nSPS) is 15.6. The number of nitrogens with one attached hydrogen (secondary N) is 1. The van der Waals surface area contributed by atoms with Gasteiger partial charge in [0.1, 0.15) is 0 Å². The number of fused-ring (bicyclic) bond motifs is 2. The molecule has 1 aliphatic heterocycles. The smallest absolute Gasteiger partial charge is 0.221 e. The summed E-state index contributed by atoms with van der Waals surface area (Å²) in [6.45, 7) is 0. The molecule has 26 heavy (non-hydrogen) atoms. The Kier molecular flexibility index (Phi) is 3.35. The van der Waals surface area contributed by atoms with E-state index in [9.17, 15) is 4.79 Å². The average Bonchev–Trinajstić information content (AvgIpc) is 3.34. The number of anilines is 1. The lowest BCUT2D eigenvalue weighted by molar-refractivity contribution is 0.0960. The van der Waals surface area contributed by atoms with Gasteiger partial charge in [-0.2, -0.15) is 0 Å². The molecule has 0 radical (unpaired) electrons. The highest BCUT2D eigenvalue weighted by Crippen LogP contribution is 2.28. The van der Waals surface area contributed by atoms with Gasteiger partial charge in [-0.3, -0.25) is 9.36 Å². The summed E-state index contributed by atoms with van der Waals surface area (Å²) < 4.78 is 1.90. The van der Waals surface area contributed by atoms with Crippen molar-refractivity contribution in [3.63, 3.8) is 0 Å². The van der Waals surface area contributed by atoms with Crippen molar-refractivity contribution in [2.75, 3.05) is 5.32 Å². The number of hydrogen-bond donors (Lipinski definition) is 1. The Morgan fingerprint density at radius 1 is 1.00 bits per heavy atom. The van der Waals surface area contributed by atoms with E-state index in [0.29, 0.717) is 12.2 Å². The fourth-order valence-electron chi connectivity index (χ4n) is 3.71. The quantitative estimate of drug-likeness (QED) is 0.568. The molecule has 4 nitrogen and oxygen atoms in total. The van der Waals surface area contributed by atoms with E-state index in [4.69, 9.17) is 0 Å². The Hall–Kier alpha value is -3.40. The van der Waals surface area contributed by atoms with E-state index in [1.807, 2.05) is 53.2 Å². The molecule has 126 valence electrons. The molecular formula is C22H17N3O. The minimum absolute atomic E-state index is 0.0131. The maximum absolute atomic E-state index is 13.2. The van der Waals surface area contributed by atoms with Crippen LogP contribution in [0.1, 0.15) is 16.2 Å².